The molecule has 1 aliphatic rings. The molecule has 2 aromatic rings. The second-order valence-corrected chi connectivity index (χ2v) is 7.89. The number of hydrogen-bond donors (Lipinski definition) is 2. The summed E-state index contributed by atoms with van der Waals surface area (Å²) in [7, 11) is -2.69. The van der Waals surface area contributed by atoms with E-state index >= 15 is 0 Å². The summed E-state index contributed by atoms with van der Waals surface area (Å²) in [5.74, 6) is -0.140. The van der Waals surface area contributed by atoms with Gasteiger partial charge < -0.3 is 14.8 Å². The lowest BCUT2D eigenvalue weighted by atomic mass is 9.84. The van der Waals surface area contributed by atoms with E-state index in [-0.39, 0.29) is 23.5 Å². The highest BCUT2D eigenvalue weighted by Gasteiger charge is 2.41. The van der Waals surface area contributed by atoms with Crippen LogP contribution in [0.4, 0.5) is 0 Å². The summed E-state index contributed by atoms with van der Waals surface area (Å²) in [6, 6.07) is 5.34. The van der Waals surface area contributed by atoms with E-state index in [2.05, 4.69) is 15.2 Å². The molecule has 3 rings (SSSR count). The van der Waals surface area contributed by atoms with Crippen LogP contribution in [0.2, 0.25) is 6.82 Å². The molecule has 8 nitrogen and oxygen atoms in total. The van der Waals surface area contributed by atoms with Crippen molar-refractivity contribution in [3.63, 3.8) is 0 Å². The molecule has 128 valence electrons. The maximum absolute atomic E-state index is 12.8. The topological polar surface area (TPSA) is 100 Å². The van der Waals surface area contributed by atoms with Gasteiger partial charge in [0.25, 0.3) is 10.0 Å². The molecule has 0 unspecified atom stereocenters. The molecule has 2 N–H and O–H groups in total. The summed E-state index contributed by atoms with van der Waals surface area (Å²) < 4.78 is 28.6. The second kappa shape index (κ2) is 6.63. The van der Waals surface area contributed by atoms with Gasteiger partial charge >= 0.3 is 7.05 Å². The van der Waals surface area contributed by atoms with E-state index in [4.69, 9.17) is 0 Å². The Morgan fingerprint density at radius 2 is 2.12 bits per heavy atom. The third-order valence-electron chi connectivity index (χ3n) is 4.09. The standard InChI is InChI=1S/C14H20BN5O3S/c1-15(21)18-13-8-20(7-11(13)12-5-3-4-6-16-12)24(22,23)14-9-19(2)10-17-14/h3-6,9-11,13,18,21H,7-8H2,1-2H3/t11-,13+/m1/s1. The van der Waals surface area contributed by atoms with Crippen LogP contribution in [-0.4, -0.2) is 58.5 Å². The average Bonchev–Trinajstić information content (AvgIpc) is 3.15. The summed E-state index contributed by atoms with van der Waals surface area (Å²) in [5, 5.41) is 12.7. The first-order valence-corrected chi connectivity index (χ1v) is 9.15. The second-order valence-electron chi connectivity index (χ2n) is 6.01. The molecular formula is C14H20BN5O3S. The summed E-state index contributed by atoms with van der Waals surface area (Å²) in [6.07, 6.45) is 4.63. The quantitative estimate of drug-likeness (QED) is 0.717. The van der Waals surface area contributed by atoms with Gasteiger partial charge in [-0.15, -0.1) is 0 Å². The normalized spacial score (nSPS) is 22.0. The van der Waals surface area contributed by atoms with Crippen molar-refractivity contribution in [1.29, 1.82) is 0 Å². The fourth-order valence-electron chi connectivity index (χ4n) is 2.99. The van der Waals surface area contributed by atoms with Crippen LogP contribution in [0.3, 0.4) is 0 Å². The van der Waals surface area contributed by atoms with Gasteiger partial charge in [-0.25, -0.2) is 13.4 Å². The van der Waals surface area contributed by atoms with Crippen LogP contribution in [0.1, 0.15) is 11.6 Å². The molecule has 0 aromatic carbocycles. The number of nitrogens with one attached hydrogen (secondary N) is 1. The van der Waals surface area contributed by atoms with Crippen LogP contribution < -0.4 is 5.23 Å². The van der Waals surface area contributed by atoms with Gasteiger partial charge in [-0.05, 0) is 19.0 Å². The van der Waals surface area contributed by atoms with Crippen LogP contribution in [-0.2, 0) is 17.1 Å². The molecule has 1 aliphatic heterocycles. The fraction of sp³-hybridized carbons (Fsp3) is 0.429. The SMILES string of the molecule is CB(O)N[C@H]1CN(S(=O)(=O)c2cn(C)cn2)C[C@@H]1c1ccccn1. The molecule has 10 heteroatoms. The summed E-state index contributed by atoms with van der Waals surface area (Å²) in [4.78, 5) is 8.31. The number of rotatable bonds is 5. The van der Waals surface area contributed by atoms with Gasteiger partial charge in [-0.3, -0.25) is 4.98 Å². The molecular weight excluding hydrogens is 329 g/mol. The Hall–Kier alpha value is -1.75. The van der Waals surface area contributed by atoms with Crippen molar-refractivity contribution in [3.05, 3.63) is 42.6 Å². The first-order valence-electron chi connectivity index (χ1n) is 7.71. The minimum absolute atomic E-state index is 0.0301. The zero-order valence-corrected chi connectivity index (χ0v) is 14.4. The van der Waals surface area contributed by atoms with Crippen molar-refractivity contribution in [2.75, 3.05) is 13.1 Å². The predicted molar refractivity (Wildman–Crippen MR) is 89.7 cm³/mol. The fourth-order valence-corrected chi connectivity index (χ4v) is 4.45. The van der Waals surface area contributed by atoms with E-state index in [0.717, 1.165) is 5.69 Å². The smallest absolute Gasteiger partial charge is 0.373 e. The Labute approximate surface area is 141 Å². The highest BCUT2D eigenvalue weighted by Crippen LogP contribution is 2.30. The maximum Gasteiger partial charge on any atom is 0.373 e. The minimum Gasteiger partial charge on any atom is -0.437 e. The Balaban J connectivity index is 1.89. The van der Waals surface area contributed by atoms with Crippen molar-refractivity contribution in [2.45, 2.75) is 23.8 Å². The Kier molecular flexibility index (Phi) is 4.72. The van der Waals surface area contributed by atoms with E-state index in [1.165, 1.54) is 16.8 Å². The van der Waals surface area contributed by atoms with Crippen LogP contribution >= 0.6 is 0 Å². The van der Waals surface area contributed by atoms with Gasteiger partial charge in [-0.2, -0.15) is 4.31 Å². The number of nitrogens with zero attached hydrogens (tertiary/aromatic N) is 4. The first-order chi connectivity index (χ1) is 11.4. The third-order valence-corrected chi connectivity index (χ3v) is 5.81. The molecule has 0 aliphatic carbocycles. The molecule has 0 spiro atoms. The summed E-state index contributed by atoms with van der Waals surface area (Å²) >= 11 is 0. The molecule has 2 atom stereocenters. The lowest BCUT2D eigenvalue weighted by Gasteiger charge is -2.19. The van der Waals surface area contributed by atoms with Gasteiger partial charge in [0.05, 0.1) is 6.33 Å². The van der Waals surface area contributed by atoms with E-state index in [9.17, 15) is 13.4 Å². The van der Waals surface area contributed by atoms with Crippen LogP contribution in [0.25, 0.3) is 0 Å². The van der Waals surface area contributed by atoms with Crippen LogP contribution in [0.5, 0.6) is 0 Å². The molecule has 0 bridgehead atoms. The summed E-state index contributed by atoms with van der Waals surface area (Å²) in [6.45, 7) is 2.16. The molecule has 0 radical (unpaired) electrons. The zero-order chi connectivity index (χ0) is 17.3. The van der Waals surface area contributed by atoms with E-state index in [0.29, 0.717) is 6.54 Å². The zero-order valence-electron chi connectivity index (χ0n) is 13.6. The van der Waals surface area contributed by atoms with Gasteiger partial charge in [0.2, 0.25) is 0 Å². The van der Waals surface area contributed by atoms with Crippen molar-refractivity contribution >= 4 is 17.1 Å². The predicted octanol–water partition coefficient (Wildman–Crippen LogP) is -0.328. The maximum atomic E-state index is 12.8. The number of hydrogen-bond acceptors (Lipinski definition) is 6. The Morgan fingerprint density at radius 3 is 2.71 bits per heavy atom. The van der Waals surface area contributed by atoms with Crippen molar-refractivity contribution < 1.29 is 13.4 Å². The number of imidazole rings is 1. The average molecular weight is 349 g/mol. The van der Waals surface area contributed by atoms with Crippen molar-refractivity contribution in [2.24, 2.45) is 7.05 Å². The Bertz CT molecular complexity index is 796. The molecule has 3 heterocycles. The minimum atomic E-state index is -3.68. The molecule has 24 heavy (non-hydrogen) atoms. The van der Waals surface area contributed by atoms with Gasteiger partial charge in [0.15, 0.2) is 5.03 Å². The lowest BCUT2D eigenvalue weighted by Crippen LogP contribution is -2.44. The van der Waals surface area contributed by atoms with E-state index in [1.54, 1.807) is 24.6 Å². The van der Waals surface area contributed by atoms with Gasteiger partial charge in [-0.1, -0.05) is 6.07 Å². The number of sulfonamides is 1. The van der Waals surface area contributed by atoms with Crippen molar-refractivity contribution in [3.8, 4) is 0 Å². The largest absolute Gasteiger partial charge is 0.437 e. The highest BCUT2D eigenvalue weighted by molar-refractivity contribution is 7.89. The molecule has 1 fully saturated rings. The number of pyridine rings is 1. The van der Waals surface area contributed by atoms with Crippen LogP contribution in [0, 0.1) is 0 Å². The van der Waals surface area contributed by atoms with Gasteiger partial charge in [0, 0.05) is 50.2 Å². The number of aromatic nitrogens is 3. The van der Waals surface area contributed by atoms with Crippen molar-refractivity contribution in [1.82, 2.24) is 24.1 Å². The monoisotopic (exact) mass is 349 g/mol. The highest BCUT2D eigenvalue weighted by atomic mass is 32.2. The molecule has 2 aromatic heterocycles. The summed E-state index contributed by atoms with van der Waals surface area (Å²) in [5.41, 5.74) is 0.800. The number of aryl methyl sites for hydroxylation is 1. The van der Waals surface area contributed by atoms with E-state index in [1.807, 2.05) is 18.2 Å². The Morgan fingerprint density at radius 1 is 1.33 bits per heavy atom. The van der Waals surface area contributed by atoms with Gasteiger partial charge in [0.1, 0.15) is 0 Å². The lowest BCUT2D eigenvalue weighted by molar-refractivity contribution is 0.460. The molecule has 0 saturated carbocycles. The first kappa shape index (κ1) is 17.1. The van der Waals surface area contributed by atoms with Crippen LogP contribution in [0.15, 0.2) is 41.9 Å². The third kappa shape index (κ3) is 3.36. The molecule has 0 amide bonds. The van der Waals surface area contributed by atoms with E-state index < -0.39 is 17.1 Å². The molecule has 1 saturated heterocycles.